The molecule has 6 nitrogen and oxygen atoms in total. The molecule has 30 heavy (non-hydrogen) atoms. The van der Waals surface area contributed by atoms with E-state index in [0.717, 1.165) is 43.3 Å². The number of carbonyl (C=O) groups excluding carboxylic acids is 1. The second-order valence-corrected chi connectivity index (χ2v) is 8.03. The predicted octanol–water partition coefficient (Wildman–Crippen LogP) is 5.45. The number of anilines is 1. The van der Waals surface area contributed by atoms with Crippen LogP contribution in [0.3, 0.4) is 0 Å². The Balaban J connectivity index is 1.87. The van der Waals surface area contributed by atoms with Gasteiger partial charge in [0.25, 0.3) is 5.91 Å². The summed E-state index contributed by atoms with van der Waals surface area (Å²) in [6.07, 6.45) is 10.3. The number of carbonyl (C=O) groups is 1. The first-order valence-electron chi connectivity index (χ1n) is 11.5. The molecule has 0 aliphatic heterocycles. The van der Waals surface area contributed by atoms with Crippen molar-refractivity contribution in [1.29, 1.82) is 0 Å². The summed E-state index contributed by atoms with van der Waals surface area (Å²) >= 11 is 0. The molecule has 0 unspecified atom stereocenters. The molecule has 3 rings (SSSR count). The van der Waals surface area contributed by atoms with Gasteiger partial charge in [-0.3, -0.25) is 4.79 Å². The van der Waals surface area contributed by atoms with E-state index in [4.69, 9.17) is 15.7 Å². The van der Waals surface area contributed by atoms with Crippen LogP contribution < -0.4 is 11.1 Å². The summed E-state index contributed by atoms with van der Waals surface area (Å²) < 4.78 is 1.97. The molecule has 2 aromatic heterocycles. The highest BCUT2D eigenvalue weighted by Crippen LogP contribution is 2.28. The topological polar surface area (TPSA) is 85.8 Å². The molecule has 0 atom stereocenters. The molecule has 0 aliphatic carbocycles. The standard InChI is InChI=1S/C24H35N5O/c1-3-5-7-9-12-16-26-24(30)20-21-23(28-19-15-11-10-14-18(19)27-21)29(22(20)25)17-13-8-6-4-2/h10-11,14-15H,3-9,12-13,16-17,25H2,1-2H3,(H,26,30). The van der Waals surface area contributed by atoms with Gasteiger partial charge in [-0.2, -0.15) is 0 Å². The predicted molar refractivity (Wildman–Crippen MR) is 125 cm³/mol. The van der Waals surface area contributed by atoms with Crippen LogP contribution in [-0.2, 0) is 6.54 Å². The number of aromatic nitrogens is 3. The van der Waals surface area contributed by atoms with Gasteiger partial charge in [-0.25, -0.2) is 9.97 Å². The Labute approximate surface area is 179 Å². The number of aryl methyl sites for hydroxylation is 1. The lowest BCUT2D eigenvalue weighted by Gasteiger charge is -2.08. The lowest BCUT2D eigenvalue weighted by atomic mass is 10.1. The molecule has 0 saturated heterocycles. The Morgan fingerprint density at radius 1 is 0.933 bits per heavy atom. The average Bonchev–Trinajstić information content (AvgIpc) is 3.02. The zero-order valence-electron chi connectivity index (χ0n) is 18.4. The summed E-state index contributed by atoms with van der Waals surface area (Å²) in [6, 6.07) is 7.76. The van der Waals surface area contributed by atoms with Crippen LogP contribution in [0.15, 0.2) is 24.3 Å². The van der Waals surface area contributed by atoms with Gasteiger partial charge in [0.05, 0.1) is 11.0 Å². The van der Waals surface area contributed by atoms with E-state index >= 15 is 0 Å². The number of rotatable bonds is 12. The number of nitrogens with zero attached hydrogens (tertiary/aromatic N) is 3. The number of unbranched alkanes of at least 4 members (excludes halogenated alkanes) is 7. The van der Waals surface area contributed by atoms with Crippen LogP contribution in [0.25, 0.3) is 22.2 Å². The molecule has 0 fully saturated rings. The highest BCUT2D eigenvalue weighted by molar-refractivity contribution is 6.10. The highest BCUT2D eigenvalue weighted by atomic mass is 16.1. The minimum absolute atomic E-state index is 0.148. The van der Waals surface area contributed by atoms with Crippen molar-refractivity contribution in [3.8, 4) is 0 Å². The largest absolute Gasteiger partial charge is 0.384 e. The fourth-order valence-corrected chi connectivity index (χ4v) is 3.88. The molecule has 1 amide bonds. The molecule has 0 aliphatic rings. The van der Waals surface area contributed by atoms with E-state index in [2.05, 4.69) is 19.2 Å². The van der Waals surface area contributed by atoms with Gasteiger partial charge in [0.2, 0.25) is 0 Å². The fourth-order valence-electron chi connectivity index (χ4n) is 3.88. The Bertz CT molecular complexity index is 979. The van der Waals surface area contributed by atoms with E-state index < -0.39 is 0 Å². The number of nitrogens with one attached hydrogen (secondary N) is 1. The van der Waals surface area contributed by atoms with E-state index in [1.807, 2.05) is 28.8 Å². The molecular weight excluding hydrogens is 374 g/mol. The Hall–Kier alpha value is -2.63. The van der Waals surface area contributed by atoms with E-state index in [0.29, 0.717) is 29.1 Å². The monoisotopic (exact) mass is 409 g/mol. The summed E-state index contributed by atoms with van der Waals surface area (Å²) in [7, 11) is 0. The minimum Gasteiger partial charge on any atom is -0.384 e. The third-order valence-electron chi connectivity index (χ3n) is 5.62. The minimum atomic E-state index is -0.148. The molecule has 3 aromatic rings. The number of para-hydroxylation sites is 2. The van der Waals surface area contributed by atoms with E-state index in [1.54, 1.807) is 0 Å². The van der Waals surface area contributed by atoms with Gasteiger partial charge < -0.3 is 15.6 Å². The van der Waals surface area contributed by atoms with Gasteiger partial charge in [0, 0.05) is 13.1 Å². The van der Waals surface area contributed by atoms with Crippen molar-refractivity contribution >= 4 is 33.9 Å². The zero-order valence-corrected chi connectivity index (χ0v) is 18.4. The summed E-state index contributed by atoms with van der Waals surface area (Å²) in [5, 5.41) is 3.05. The second-order valence-electron chi connectivity index (χ2n) is 8.03. The normalized spacial score (nSPS) is 11.4. The number of nitrogen functional groups attached to an aromatic ring is 1. The third-order valence-corrected chi connectivity index (χ3v) is 5.62. The van der Waals surface area contributed by atoms with Crippen molar-refractivity contribution in [2.45, 2.75) is 78.2 Å². The maximum Gasteiger partial charge on any atom is 0.257 e. The van der Waals surface area contributed by atoms with Gasteiger partial charge >= 0.3 is 0 Å². The van der Waals surface area contributed by atoms with Crippen LogP contribution in [-0.4, -0.2) is 27.0 Å². The molecule has 0 saturated carbocycles. The third kappa shape index (κ3) is 5.10. The molecule has 0 bridgehead atoms. The molecule has 0 radical (unpaired) electrons. The smallest absolute Gasteiger partial charge is 0.257 e. The first-order chi connectivity index (χ1) is 14.7. The first-order valence-corrected chi connectivity index (χ1v) is 11.5. The number of nitrogens with two attached hydrogens (primary N) is 1. The summed E-state index contributed by atoms with van der Waals surface area (Å²) in [4.78, 5) is 22.6. The van der Waals surface area contributed by atoms with Crippen molar-refractivity contribution in [3.63, 3.8) is 0 Å². The molecule has 2 heterocycles. The number of benzene rings is 1. The van der Waals surface area contributed by atoms with Crippen molar-refractivity contribution in [2.24, 2.45) is 0 Å². The van der Waals surface area contributed by atoms with E-state index in [9.17, 15) is 4.79 Å². The van der Waals surface area contributed by atoms with Crippen LogP contribution in [0.4, 0.5) is 5.82 Å². The quantitative estimate of drug-likeness (QED) is 0.390. The molecule has 6 heteroatoms. The Kier molecular flexibility index (Phi) is 8.05. The average molecular weight is 410 g/mol. The maximum absolute atomic E-state index is 13.0. The van der Waals surface area contributed by atoms with Gasteiger partial charge in [0.1, 0.15) is 16.9 Å². The van der Waals surface area contributed by atoms with Crippen LogP contribution in [0.1, 0.15) is 82.0 Å². The van der Waals surface area contributed by atoms with Crippen molar-refractivity contribution in [3.05, 3.63) is 29.8 Å². The van der Waals surface area contributed by atoms with E-state index in [-0.39, 0.29) is 5.91 Å². The zero-order chi connectivity index (χ0) is 21.3. The van der Waals surface area contributed by atoms with Crippen LogP contribution >= 0.6 is 0 Å². The molecule has 0 spiro atoms. The van der Waals surface area contributed by atoms with Crippen LogP contribution in [0.5, 0.6) is 0 Å². The maximum atomic E-state index is 13.0. The number of hydrogen-bond acceptors (Lipinski definition) is 4. The van der Waals surface area contributed by atoms with Gasteiger partial charge in [-0.15, -0.1) is 0 Å². The molecule has 162 valence electrons. The first kappa shape index (κ1) is 22.1. The molecule has 3 N–H and O–H groups in total. The lowest BCUT2D eigenvalue weighted by Crippen LogP contribution is -2.25. The fraction of sp³-hybridized carbons (Fsp3) is 0.542. The SMILES string of the molecule is CCCCCCCNC(=O)c1c(N)n(CCCCCC)c2nc3ccccc3nc12. The second kappa shape index (κ2) is 11.0. The van der Waals surface area contributed by atoms with Gasteiger partial charge in [-0.1, -0.05) is 70.9 Å². The summed E-state index contributed by atoms with van der Waals surface area (Å²) in [6.45, 7) is 5.81. The van der Waals surface area contributed by atoms with Crippen molar-refractivity contribution in [2.75, 3.05) is 12.3 Å². The Morgan fingerprint density at radius 2 is 1.57 bits per heavy atom. The van der Waals surface area contributed by atoms with Gasteiger partial charge in [0.15, 0.2) is 5.65 Å². The van der Waals surface area contributed by atoms with Gasteiger partial charge in [-0.05, 0) is 25.0 Å². The van der Waals surface area contributed by atoms with Crippen LogP contribution in [0.2, 0.25) is 0 Å². The van der Waals surface area contributed by atoms with Crippen LogP contribution in [0, 0.1) is 0 Å². The number of hydrogen-bond donors (Lipinski definition) is 2. The van der Waals surface area contributed by atoms with Crippen molar-refractivity contribution < 1.29 is 4.79 Å². The van der Waals surface area contributed by atoms with Crippen molar-refractivity contribution in [1.82, 2.24) is 19.9 Å². The number of fused-ring (bicyclic) bond motifs is 2. The highest BCUT2D eigenvalue weighted by Gasteiger charge is 2.23. The summed E-state index contributed by atoms with van der Waals surface area (Å²) in [5.74, 6) is 0.324. The summed E-state index contributed by atoms with van der Waals surface area (Å²) in [5.41, 5.74) is 9.86. The van der Waals surface area contributed by atoms with E-state index in [1.165, 1.54) is 32.1 Å². The molecular formula is C24H35N5O. The number of amides is 1. The Morgan fingerprint density at radius 3 is 2.27 bits per heavy atom. The lowest BCUT2D eigenvalue weighted by molar-refractivity contribution is 0.0955. The molecule has 1 aromatic carbocycles.